The molecular formula is C19H14F2N2O6S2. The highest BCUT2D eigenvalue weighted by Crippen LogP contribution is 2.29. The van der Waals surface area contributed by atoms with Crippen molar-refractivity contribution in [2.75, 3.05) is 9.44 Å². The number of aromatic carboxylic acids is 1. The van der Waals surface area contributed by atoms with Gasteiger partial charge in [0.15, 0.2) is 0 Å². The summed E-state index contributed by atoms with van der Waals surface area (Å²) in [5.74, 6) is -2.70. The van der Waals surface area contributed by atoms with E-state index in [1.165, 1.54) is 0 Å². The van der Waals surface area contributed by atoms with Crippen LogP contribution in [0.25, 0.3) is 0 Å². The number of halogens is 2. The quantitative estimate of drug-likeness (QED) is 0.488. The number of nitrogens with one attached hydrogen (secondary N) is 2. The Balaban J connectivity index is 2.02. The predicted molar refractivity (Wildman–Crippen MR) is 108 cm³/mol. The molecule has 0 spiro atoms. The van der Waals surface area contributed by atoms with Crippen LogP contribution < -0.4 is 9.44 Å². The minimum Gasteiger partial charge on any atom is -0.478 e. The van der Waals surface area contributed by atoms with Gasteiger partial charge in [0, 0.05) is 0 Å². The molecule has 0 atom stereocenters. The van der Waals surface area contributed by atoms with Crippen molar-refractivity contribution >= 4 is 37.4 Å². The second kappa shape index (κ2) is 8.32. The number of sulfonamides is 2. The van der Waals surface area contributed by atoms with Crippen molar-refractivity contribution in [2.24, 2.45) is 0 Å². The molecule has 8 nitrogen and oxygen atoms in total. The number of carbonyl (C=O) groups is 1. The zero-order valence-electron chi connectivity index (χ0n) is 15.4. The van der Waals surface area contributed by atoms with Gasteiger partial charge in [-0.05, 0) is 66.7 Å². The van der Waals surface area contributed by atoms with Crippen molar-refractivity contribution < 1.29 is 35.5 Å². The van der Waals surface area contributed by atoms with Gasteiger partial charge in [-0.15, -0.1) is 0 Å². The van der Waals surface area contributed by atoms with E-state index in [0.717, 1.165) is 66.7 Å². The highest BCUT2D eigenvalue weighted by atomic mass is 32.2. The molecule has 0 radical (unpaired) electrons. The minimum atomic E-state index is -4.31. The Hall–Kier alpha value is -3.51. The van der Waals surface area contributed by atoms with Crippen LogP contribution in [0.15, 0.2) is 76.5 Å². The third kappa shape index (κ3) is 5.16. The number of carboxylic acids is 1. The van der Waals surface area contributed by atoms with Gasteiger partial charge in [-0.3, -0.25) is 9.44 Å². The Kier molecular flexibility index (Phi) is 5.95. The summed E-state index contributed by atoms with van der Waals surface area (Å²) in [6.07, 6.45) is 0. The molecule has 0 aliphatic rings. The molecular weight excluding hydrogens is 454 g/mol. The molecule has 12 heteroatoms. The van der Waals surface area contributed by atoms with Crippen molar-refractivity contribution in [3.63, 3.8) is 0 Å². The van der Waals surface area contributed by atoms with Gasteiger partial charge < -0.3 is 5.11 Å². The second-order valence-corrected chi connectivity index (χ2v) is 9.55. The van der Waals surface area contributed by atoms with E-state index in [2.05, 4.69) is 9.44 Å². The highest BCUT2D eigenvalue weighted by molar-refractivity contribution is 7.93. The first kappa shape index (κ1) is 22.2. The lowest BCUT2D eigenvalue weighted by atomic mass is 10.2. The van der Waals surface area contributed by atoms with Gasteiger partial charge in [0.25, 0.3) is 20.0 Å². The summed E-state index contributed by atoms with van der Waals surface area (Å²) in [6.45, 7) is 0. The number of anilines is 2. The smallest absolute Gasteiger partial charge is 0.335 e. The Bertz CT molecular complexity index is 1340. The van der Waals surface area contributed by atoms with Gasteiger partial charge in [-0.2, -0.15) is 0 Å². The summed E-state index contributed by atoms with van der Waals surface area (Å²) in [7, 11) is -8.57. The number of benzene rings is 3. The third-order valence-electron chi connectivity index (χ3n) is 4.00. The molecule has 0 bridgehead atoms. The maximum Gasteiger partial charge on any atom is 0.335 e. The first-order valence-electron chi connectivity index (χ1n) is 8.42. The van der Waals surface area contributed by atoms with E-state index in [1.807, 2.05) is 0 Å². The standard InChI is InChI=1S/C19H14F2N2O6S2/c20-13-2-6-15(7-3-13)30(26,27)22-17-10-1-12(19(24)25)11-18(17)23-31(28,29)16-8-4-14(21)5-9-16/h1-11,22-23H,(H,24,25). The van der Waals surface area contributed by atoms with E-state index in [4.69, 9.17) is 0 Å². The van der Waals surface area contributed by atoms with E-state index < -0.39 is 37.7 Å². The molecule has 0 aliphatic carbocycles. The molecule has 0 unspecified atom stereocenters. The molecule has 162 valence electrons. The predicted octanol–water partition coefficient (Wildman–Crippen LogP) is 3.26. The van der Waals surface area contributed by atoms with Crippen molar-refractivity contribution in [3.8, 4) is 0 Å². The third-order valence-corrected chi connectivity index (χ3v) is 6.77. The monoisotopic (exact) mass is 468 g/mol. The fraction of sp³-hybridized carbons (Fsp3) is 0. The fourth-order valence-electron chi connectivity index (χ4n) is 2.49. The molecule has 0 amide bonds. The lowest BCUT2D eigenvalue weighted by Gasteiger charge is -2.15. The Morgan fingerprint density at radius 3 is 1.52 bits per heavy atom. The van der Waals surface area contributed by atoms with Gasteiger partial charge in [0.1, 0.15) is 11.6 Å². The average Bonchev–Trinajstić information content (AvgIpc) is 2.69. The van der Waals surface area contributed by atoms with Crippen LogP contribution in [0.1, 0.15) is 10.4 Å². The first-order valence-corrected chi connectivity index (χ1v) is 11.4. The number of rotatable bonds is 7. The molecule has 0 saturated carbocycles. The maximum atomic E-state index is 13.1. The van der Waals surface area contributed by atoms with Crippen LogP contribution in [-0.2, 0) is 20.0 Å². The number of hydrogen-bond donors (Lipinski definition) is 3. The maximum absolute atomic E-state index is 13.1. The van der Waals surface area contributed by atoms with E-state index in [-0.39, 0.29) is 26.7 Å². The Morgan fingerprint density at radius 1 is 0.677 bits per heavy atom. The molecule has 0 aliphatic heterocycles. The summed E-state index contributed by atoms with van der Waals surface area (Å²) >= 11 is 0. The second-order valence-electron chi connectivity index (χ2n) is 6.18. The van der Waals surface area contributed by atoms with Crippen LogP contribution in [0.3, 0.4) is 0 Å². The normalized spacial score (nSPS) is 11.7. The lowest BCUT2D eigenvalue weighted by molar-refractivity contribution is 0.0697. The molecule has 0 aromatic heterocycles. The van der Waals surface area contributed by atoms with Crippen LogP contribution in [-0.4, -0.2) is 27.9 Å². The van der Waals surface area contributed by atoms with Crippen LogP contribution in [0, 0.1) is 11.6 Å². The van der Waals surface area contributed by atoms with E-state index in [1.54, 1.807) is 0 Å². The van der Waals surface area contributed by atoms with Crippen molar-refractivity contribution in [3.05, 3.63) is 83.9 Å². The van der Waals surface area contributed by atoms with Gasteiger partial charge >= 0.3 is 5.97 Å². The van der Waals surface area contributed by atoms with Gasteiger partial charge in [-0.1, -0.05) is 0 Å². The van der Waals surface area contributed by atoms with Crippen LogP contribution in [0.5, 0.6) is 0 Å². The number of hydrogen-bond acceptors (Lipinski definition) is 5. The van der Waals surface area contributed by atoms with Gasteiger partial charge in [0.2, 0.25) is 0 Å². The molecule has 0 heterocycles. The van der Waals surface area contributed by atoms with E-state index in [9.17, 15) is 35.5 Å². The largest absolute Gasteiger partial charge is 0.478 e. The van der Waals surface area contributed by atoms with E-state index in [0.29, 0.717) is 0 Å². The highest BCUT2D eigenvalue weighted by Gasteiger charge is 2.21. The molecule has 3 aromatic carbocycles. The molecule has 3 aromatic rings. The molecule has 0 fully saturated rings. The molecule has 3 N–H and O–H groups in total. The summed E-state index contributed by atoms with van der Waals surface area (Å²) in [5.41, 5.74) is -0.976. The first-order chi connectivity index (χ1) is 14.5. The zero-order chi connectivity index (χ0) is 22.8. The van der Waals surface area contributed by atoms with Crippen molar-refractivity contribution in [1.82, 2.24) is 0 Å². The van der Waals surface area contributed by atoms with Crippen molar-refractivity contribution in [1.29, 1.82) is 0 Å². The summed E-state index contributed by atoms with van der Waals surface area (Å²) in [5, 5.41) is 9.19. The van der Waals surface area contributed by atoms with Gasteiger partial charge in [-0.25, -0.2) is 30.4 Å². The molecule has 3 rings (SSSR count). The Labute approximate surface area is 176 Å². The SMILES string of the molecule is O=C(O)c1ccc(NS(=O)(=O)c2ccc(F)cc2)c(NS(=O)(=O)c2ccc(F)cc2)c1. The van der Waals surface area contributed by atoms with E-state index >= 15 is 0 Å². The zero-order valence-corrected chi connectivity index (χ0v) is 17.0. The van der Waals surface area contributed by atoms with Gasteiger partial charge in [0.05, 0.1) is 26.7 Å². The summed E-state index contributed by atoms with van der Waals surface area (Å²) < 4.78 is 80.8. The lowest BCUT2D eigenvalue weighted by Crippen LogP contribution is -2.18. The van der Waals surface area contributed by atoms with Crippen LogP contribution in [0.4, 0.5) is 20.2 Å². The topological polar surface area (TPSA) is 130 Å². The molecule has 0 saturated heterocycles. The number of carboxylic acid groups (broad SMARTS) is 1. The van der Waals surface area contributed by atoms with Crippen molar-refractivity contribution in [2.45, 2.75) is 9.79 Å². The minimum absolute atomic E-state index is 0.278. The molecule has 31 heavy (non-hydrogen) atoms. The van der Waals surface area contributed by atoms with Crippen LogP contribution >= 0.6 is 0 Å². The summed E-state index contributed by atoms with van der Waals surface area (Å²) in [4.78, 5) is 10.6. The average molecular weight is 468 g/mol. The summed E-state index contributed by atoms with van der Waals surface area (Å²) in [6, 6.07) is 10.7. The van der Waals surface area contributed by atoms with Crippen LogP contribution in [0.2, 0.25) is 0 Å². The Morgan fingerprint density at radius 2 is 1.10 bits per heavy atom. The fourth-order valence-corrected chi connectivity index (χ4v) is 4.64.